The van der Waals surface area contributed by atoms with Gasteiger partial charge in [-0.1, -0.05) is 147 Å². The highest BCUT2D eigenvalue weighted by molar-refractivity contribution is 6.35. The second kappa shape index (κ2) is 45.0. The fourth-order valence-electron chi connectivity index (χ4n) is 20.9. The molecule has 5 aliphatic heterocycles. The number of benzene rings is 9. The van der Waals surface area contributed by atoms with Crippen molar-refractivity contribution in [1.82, 2.24) is 21.3 Å². The number of hydrogen-bond acceptors (Lipinski definition) is 21. The van der Waals surface area contributed by atoms with Crippen molar-refractivity contribution >= 4 is 52.6 Å². The van der Waals surface area contributed by atoms with Crippen LogP contribution in [0, 0.1) is 34.9 Å². The summed E-state index contributed by atoms with van der Waals surface area (Å²) in [4.78, 5) is 38.6. The van der Waals surface area contributed by atoms with Crippen molar-refractivity contribution in [2.24, 2.45) is 0 Å². The zero-order valence-electron chi connectivity index (χ0n) is 79.8. The smallest absolute Gasteiger partial charge is 0.338 e. The molecule has 1 amide bonds. The molecule has 752 valence electrons. The van der Waals surface area contributed by atoms with Crippen LogP contribution in [0.5, 0.6) is 34.5 Å². The van der Waals surface area contributed by atoms with Gasteiger partial charge in [-0.2, -0.15) is 0 Å². The van der Waals surface area contributed by atoms with Gasteiger partial charge < -0.3 is 98.9 Å². The molecular formula is C108H123Cl3F6N4O19. The standard InChI is InChI=1S/C38H44ClF2NO7.C37H42ClF2NO7.C33H37ClF2N2O5/c1-23-31-29(49-38(23,24-9-5-4-6-10-24)22-42-25-14-16-37(2,44)17-15-25)21-27(40)34(39)33(31)32-26(36(43)45-3)12-13-28(35(32)41)46-19-20-48-30-11-7-8-18-47-30;1-22-30-28(48-37(22,23-8-4-3-5-9-23)21-41-24-13-15-36(2,44)16-14-24)20-26(39)33(38)32(30)31-25(35(42)43)11-12-27(34(31)40)45-18-19-47-29-10-6-7-17-46-29;1-19-26-25(43-33(19,20-7-5-4-6-8-20)18-38-21-11-13-32(2,41)14-12-21)17-23(35)29(34)28(26)27-22(31(40)37-3)9-10-24(30(27)36)42-16-15-39/h4-6,9-10,12-13,21,23,25,30,42,44H,7-8,11,14-20,22H2,1-3H3;3-5,8-9,11-12,20,22,24,29,41,44H,6-7,10,13-19,21H2,1-2H3,(H,42,43);4-10,17,19,21,38-39,41H,11-16,18H2,1-3H3,(H,37,40)/t23-,25?,30?,37?,38-;22-,24?,29?,36?,37-;19-,21?,32?,33-/m000/s1. The minimum absolute atomic E-state index is 0.00546. The van der Waals surface area contributed by atoms with Crippen LogP contribution in [0.4, 0.5) is 26.3 Å². The van der Waals surface area contributed by atoms with Gasteiger partial charge in [0.2, 0.25) is 0 Å². The Bertz CT molecular complexity index is 5870. The number of aliphatic hydroxyl groups is 4. The average Bonchev–Trinajstić information content (AvgIpc) is 1.56. The van der Waals surface area contributed by atoms with Crippen LogP contribution in [0.1, 0.15) is 239 Å². The Balaban J connectivity index is 0.000000159. The van der Waals surface area contributed by atoms with Gasteiger partial charge in [0.15, 0.2) is 64.1 Å². The Hall–Kier alpha value is -9.80. The van der Waals surface area contributed by atoms with Crippen LogP contribution in [-0.4, -0.2) is 178 Å². The molecule has 9 aromatic rings. The number of ether oxygens (including phenoxy) is 11. The third-order valence-electron chi connectivity index (χ3n) is 29.0. The Morgan fingerprint density at radius 2 is 0.736 bits per heavy atom. The van der Waals surface area contributed by atoms with Crippen LogP contribution >= 0.6 is 34.8 Å². The zero-order chi connectivity index (χ0) is 99.8. The van der Waals surface area contributed by atoms with Crippen molar-refractivity contribution < 1.29 is 118 Å². The van der Waals surface area contributed by atoms with Gasteiger partial charge in [-0.15, -0.1) is 0 Å². The minimum atomic E-state index is -1.40. The van der Waals surface area contributed by atoms with E-state index < -0.39 is 115 Å². The molecule has 3 saturated carbocycles. The third-order valence-corrected chi connectivity index (χ3v) is 30.1. The first-order chi connectivity index (χ1) is 67.1. The first-order valence-electron chi connectivity index (χ1n) is 48.2. The van der Waals surface area contributed by atoms with E-state index in [0.29, 0.717) is 88.1 Å². The summed E-state index contributed by atoms with van der Waals surface area (Å²) in [7, 11) is 2.61. The number of aromatic carboxylic acids is 1. The predicted octanol–water partition coefficient (Wildman–Crippen LogP) is 20.9. The van der Waals surface area contributed by atoms with Gasteiger partial charge in [0.1, 0.15) is 54.5 Å². The van der Waals surface area contributed by atoms with Crippen molar-refractivity contribution in [3.8, 4) is 67.9 Å². The molecule has 3 aliphatic carbocycles. The number of halogens is 9. The Morgan fingerprint density at radius 3 is 1.04 bits per heavy atom. The van der Waals surface area contributed by atoms with Crippen LogP contribution in [0.3, 0.4) is 0 Å². The van der Waals surface area contributed by atoms with Crippen LogP contribution in [0.2, 0.25) is 15.1 Å². The van der Waals surface area contributed by atoms with E-state index in [9.17, 15) is 39.9 Å². The highest BCUT2D eigenvalue weighted by Crippen LogP contribution is 2.61. The molecule has 2 saturated heterocycles. The number of nitrogens with one attached hydrogen (secondary N) is 4. The van der Waals surface area contributed by atoms with Crippen molar-refractivity contribution in [2.45, 2.75) is 239 Å². The molecule has 32 heteroatoms. The highest BCUT2D eigenvalue weighted by atomic mass is 35.5. The number of carbonyl (C=O) groups excluding carboxylic acids is 2. The molecule has 9 aromatic carbocycles. The third kappa shape index (κ3) is 22.4. The summed E-state index contributed by atoms with van der Waals surface area (Å²) in [6.45, 7) is 13.3. The highest BCUT2D eigenvalue weighted by Gasteiger charge is 2.55. The Kier molecular flexibility index (Phi) is 33.6. The number of carbonyl (C=O) groups is 3. The van der Waals surface area contributed by atoms with Crippen LogP contribution in [0.25, 0.3) is 33.4 Å². The molecular weight excluding hydrogens is 1880 g/mol. The number of aliphatic hydroxyl groups excluding tert-OH is 1. The molecule has 2 unspecified atom stereocenters. The lowest BCUT2D eigenvalue weighted by Gasteiger charge is -2.38. The second-order valence-corrected chi connectivity index (χ2v) is 39.6. The monoisotopic (exact) mass is 2000 g/mol. The molecule has 0 aromatic heterocycles. The van der Waals surface area contributed by atoms with Crippen molar-refractivity contribution in [1.29, 1.82) is 0 Å². The molecule has 140 heavy (non-hydrogen) atoms. The fourth-order valence-corrected chi connectivity index (χ4v) is 21.6. The molecule has 23 nitrogen and oxygen atoms in total. The van der Waals surface area contributed by atoms with Gasteiger partial charge in [-0.05, 0) is 189 Å². The van der Waals surface area contributed by atoms with Crippen molar-refractivity contribution in [3.63, 3.8) is 0 Å². The molecule has 0 bridgehead atoms. The molecule has 5 heterocycles. The first-order valence-corrected chi connectivity index (χ1v) is 49.4. The number of hydrogen-bond donors (Lipinski definition) is 9. The maximum Gasteiger partial charge on any atom is 0.338 e. The summed E-state index contributed by atoms with van der Waals surface area (Å²) >= 11 is 20.0. The Morgan fingerprint density at radius 1 is 0.421 bits per heavy atom. The van der Waals surface area contributed by atoms with Gasteiger partial charge in [0, 0.05) is 144 Å². The van der Waals surface area contributed by atoms with Crippen molar-refractivity contribution in [3.05, 3.63) is 246 Å². The number of carboxylic acids is 1. The summed E-state index contributed by atoms with van der Waals surface area (Å²) in [6.07, 6.45) is 13.5. The predicted molar refractivity (Wildman–Crippen MR) is 519 cm³/mol. The van der Waals surface area contributed by atoms with E-state index >= 15 is 26.3 Å². The quantitative estimate of drug-likeness (QED) is 0.0111. The van der Waals surface area contributed by atoms with E-state index in [1.54, 1.807) is 0 Å². The molecule has 8 aliphatic rings. The summed E-state index contributed by atoms with van der Waals surface area (Å²) in [5, 5.41) is 63.2. The molecule has 0 radical (unpaired) electrons. The molecule has 8 atom stereocenters. The largest absolute Gasteiger partial charge is 0.488 e. The number of rotatable bonds is 31. The van der Waals surface area contributed by atoms with E-state index in [4.69, 9.17) is 86.9 Å². The van der Waals surface area contributed by atoms with Crippen molar-refractivity contribution in [2.75, 3.05) is 86.6 Å². The Labute approximate surface area is 826 Å². The fraction of sp³-hybridized carbons (Fsp3) is 0.472. The first kappa shape index (κ1) is 105. The second-order valence-electron chi connectivity index (χ2n) is 38.5. The number of carboxylic acid groups (broad SMARTS) is 1. The van der Waals surface area contributed by atoms with Gasteiger partial charge in [0.25, 0.3) is 5.91 Å². The lowest BCUT2D eigenvalue weighted by atomic mass is 9.77. The average molecular weight is 2000 g/mol. The van der Waals surface area contributed by atoms with E-state index in [0.717, 1.165) is 93.7 Å². The molecule has 9 N–H and O–H groups in total. The van der Waals surface area contributed by atoms with E-state index in [2.05, 4.69) is 21.3 Å². The van der Waals surface area contributed by atoms with Crippen LogP contribution < -0.4 is 49.7 Å². The minimum Gasteiger partial charge on any atom is -0.488 e. The molecule has 17 rings (SSSR count). The van der Waals surface area contributed by atoms with E-state index in [1.165, 1.54) is 68.8 Å². The number of fused-ring (bicyclic) bond motifs is 3. The SMILES string of the molecule is CNC(=O)c1ccc(OCCO)c(F)c1-c1c(Cl)c(F)cc2c1[C@H](C)[C@@](CNC1CCC(C)(O)CC1)(c1ccccc1)O2.COC(=O)c1ccc(OCCOC2CCCCO2)c(F)c1-c1c(Cl)c(F)cc2c1[C@H](C)[C@@](CNC1CCC(C)(O)CC1)(c1ccccc1)O2.C[C@H]1c2c(cc(F)c(Cl)c2-c2c(C(=O)O)ccc(OCCOC3CCCCO3)c2F)O[C@]1(CNC1CCC(C)(O)CC1)c1ccccc1. The summed E-state index contributed by atoms with van der Waals surface area (Å²) in [6, 6.07) is 40.6. The number of methoxy groups -OCH3 is 1. The number of amides is 1. The maximum absolute atomic E-state index is 16.7. The van der Waals surface area contributed by atoms with Crippen LogP contribution in [-0.2, 0) is 40.5 Å². The van der Waals surface area contributed by atoms with E-state index in [1.807, 2.05) is 133 Å². The lowest BCUT2D eigenvalue weighted by molar-refractivity contribution is -0.165. The summed E-state index contributed by atoms with van der Waals surface area (Å²) in [5.74, 6) is -9.61. The topological polar surface area (TPSA) is 302 Å². The number of esters is 1. The lowest BCUT2D eigenvalue weighted by Crippen LogP contribution is -2.49. The molecule has 5 fully saturated rings. The maximum atomic E-state index is 16.7. The normalized spacial score (nSPS) is 26.1. The van der Waals surface area contributed by atoms with Gasteiger partial charge in [-0.25, -0.2) is 35.9 Å². The van der Waals surface area contributed by atoms with Gasteiger partial charge >= 0.3 is 11.9 Å². The van der Waals surface area contributed by atoms with E-state index in [-0.39, 0.29) is 159 Å². The molecule has 0 spiro atoms. The summed E-state index contributed by atoms with van der Waals surface area (Å²) < 4.78 is 161. The summed E-state index contributed by atoms with van der Waals surface area (Å²) in [5.41, 5.74) is -2.86. The van der Waals surface area contributed by atoms with Gasteiger partial charge in [-0.3, -0.25) is 4.79 Å². The van der Waals surface area contributed by atoms with Crippen LogP contribution in [0.15, 0.2) is 146 Å². The zero-order valence-corrected chi connectivity index (χ0v) is 82.1. The van der Waals surface area contributed by atoms with Gasteiger partial charge in [0.05, 0.1) is 75.5 Å².